The van der Waals surface area contributed by atoms with Gasteiger partial charge in [-0.1, -0.05) is 41.5 Å². The summed E-state index contributed by atoms with van der Waals surface area (Å²) in [6, 6.07) is 2.52. The van der Waals surface area contributed by atoms with E-state index in [2.05, 4.69) is 0 Å². The van der Waals surface area contributed by atoms with Gasteiger partial charge in [0, 0.05) is 49.3 Å². The van der Waals surface area contributed by atoms with E-state index in [1.54, 1.807) is 0 Å². The van der Waals surface area contributed by atoms with Crippen molar-refractivity contribution in [3.8, 4) is 0 Å². The number of nitro groups is 1. The number of nitro benzene ring substituents is 1. The van der Waals surface area contributed by atoms with Gasteiger partial charge in [0.05, 0.1) is 4.92 Å². The van der Waals surface area contributed by atoms with Crippen LogP contribution in [-0.2, 0) is 9.31 Å². The van der Waals surface area contributed by atoms with Crippen LogP contribution in [0, 0.1) is 33.2 Å². The molecule has 0 aliphatic carbocycles. The van der Waals surface area contributed by atoms with Gasteiger partial charge in [0.25, 0.3) is 5.69 Å². The Hall–Kier alpha value is -1.67. The molecule has 1 saturated heterocycles. The first-order valence-corrected chi connectivity index (χ1v) is 9.46. The average Bonchev–Trinajstić information content (AvgIpc) is 2.53. The minimum Gasteiger partial charge on any atom is -0.407 e. The molecule has 1 aliphatic rings. The third kappa shape index (κ3) is 5.65. The Morgan fingerprint density at radius 1 is 1.19 bits per heavy atom. The summed E-state index contributed by atoms with van der Waals surface area (Å²) < 4.78 is 26.1. The topological polar surface area (TPSA) is 64.8 Å². The fraction of sp³-hybridized carbons (Fsp3) is 0.684. The largest absolute Gasteiger partial charge is 0.497 e. The average molecular weight is 380 g/mol. The quantitative estimate of drug-likeness (QED) is 0.411. The Morgan fingerprint density at radius 3 is 2.15 bits per heavy atom. The Morgan fingerprint density at radius 2 is 1.70 bits per heavy atom. The summed E-state index contributed by atoms with van der Waals surface area (Å²) in [7, 11) is -0.922. The molecule has 0 aromatic heterocycles. The van der Waals surface area contributed by atoms with Crippen LogP contribution in [0.4, 0.5) is 15.8 Å². The van der Waals surface area contributed by atoms with Crippen LogP contribution in [0.25, 0.3) is 0 Å². The van der Waals surface area contributed by atoms with Crippen molar-refractivity contribution in [3.63, 3.8) is 0 Å². The second-order valence-corrected chi connectivity index (χ2v) is 8.93. The Kier molecular flexibility index (Phi) is 6.86. The predicted molar refractivity (Wildman–Crippen MR) is 106 cm³/mol. The van der Waals surface area contributed by atoms with E-state index in [4.69, 9.17) is 9.31 Å². The first-order chi connectivity index (χ1) is 12.5. The number of rotatable bonds is 7. The van der Waals surface area contributed by atoms with Gasteiger partial charge in [0.1, 0.15) is 11.5 Å². The molecule has 1 aromatic carbocycles. The van der Waals surface area contributed by atoms with Gasteiger partial charge in [-0.2, -0.15) is 0 Å². The highest BCUT2D eigenvalue weighted by Crippen LogP contribution is 2.31. The highest BCUT2D eigenvalue weighted by atomic mass is 19.1. The van der Waals surface area contributed by atoms with Gasteiger partial charge in [-0.25, -0.2) is 4.39 Å². The van der Waals surface area contributed by atoms with Crippen LogP contribution in [0.1, 0.15) is 41.5 Å². The van der Waals surface area contributed by atoms with Crippen LogP contribution in [-0.4, -0.2) is 38.3 Å². The molecule has 1 heterocycles. The number of hydrogen-bond acceptors (Lipinski definition) is 5. The molecule has 0 radical (unpaired) electrons. The molecule has 6 nitrogen and oxygen atoms in total. The maximum Gasteiger partial charge on any atom is 0.497 e. The van der Waals surface area contributed by atoms with E-state index in [-0.39, 0.29) is 16.6 Å². The molecule has 0 amide bonds. The lowest BCUT2D eigenvalue weighted by atomic mass is 9.75. The summed E-state index contributed by atoms with van der Waals surface area (Å²) in [6.07, 6.45) is 0. The first-order valence-electron chi connectivity index (χ1n) is 9.46. The van der Waals surface area contributed by atoms with Crippen molar-refractivity contribution in [2.45, 2.75) is 41.5 Å². The van der Waals surface area contributed by atoms with E-state index < -0.39 is 17.9 Å². The van der Waals surface area contributed by atoms with Gasteiger partial charge in [0.15, 0.2) is 0 Å². The van der Waals surface area contributed by atoms with E-state index in [1.807, 2.05) is 46.4 Å². The van der Waals surface area contributed by atoms with Crippen molar-refractivity contribution < 1.29 is 18.6 Å². The lowest BCUT2D eigenvalue weighted by molar-refractivity contribution is -0.384. The highest BCUT2D eigenvalue weighted by Gasteiger charge is 2.37. The van der Waals surface area contributed by atoms with Gasteiger partial charge >= 0.3 is 7.12 Å². The molecule has 0 atom stereocenters. The Balaban J connectivity index is 2.41. The van der Waals surface area contributed by atoms with Crippen molar-refractivity contribution in [2.75, 3.05) is 31.2 Å². The number of anilines is 1. The second-order valence-electron chi connectivity index (χ2n) is 8.93. The van der Waals surface area contributed by atoms with Crippen molar-refractivity contribution in [1.82, 2.24) is 0 Å². The molecule has 2 rings (SSSR count). The normalized spacial score (nSPS) is 16.9. The van der Waals surface area contributed by atoms with Crippen LogP contribution in [0.3, 0.4) is 0 Å². The van der Waals surface area contributed by atoms with Gasteiger partial charge in [-0.05, 0) is 11.8 Å². The molecular formula is C19H30BFN2O4. The molecule has 0 bridgehead atoms. The lowest BCUT2D eigenvalue weighted by Crippen LogP contribution is -2.48. The minimum absolute atomic E-state index is 0.0787. The van der Waals surface area contributed by atoms with E-state index in [9.17, 15) is 14.5 Å². The van der Waals surface area contributed by atoms with Gasteiger partial charge < -0.3 is 14.2 Å². The van der Waals surface area contributed by atoms with Crippen molar-refractivity contribution in [1.29, 1.82) is 0 Å². The van der Waals surface area contributed by atoms with Crippen LogP contribution >= 0.6 is 0 Å². The summed E-state index contributed by atoms with van der Waals surface area (Å²) in [5.41, 5.74) is 0.101. The molecule has 150 valence electrons. The molecule has 0 N–H and O–H groups in total. The maximum absolute atomic E-state index is 14.9. The van der Waals surface area contributed by atoms with Crippen molar-refractivity contribution in [2.24, 2.45) is 17.3 Å². The zero-order valence-electron chi connectivity index (χ0n) is 17.1. The Labute approximate surface area is 161 Å². The number of halogens is 1. The maximum atomic E-state index is 14.9. The van der Waals surface area contributed by atoms with Crippen molar-refractivity contribution >= 4 is 24.0 Å². The fourth-order valence-corrected chi connectivity index (χ4v) is 3.17. The van der Waals surface area contributed by atoms with E-state index in [0.29, 0.717) is 43.8 Å². The standard InChI is InChI=1S/C19H30BFN2O4/c1-13(2)9-22(10-14(3)4)17-8-16(21)15(7-18(17)23(24)25)20-26-11-19(5,6)12-27-20/h7-8,13-14H,9-12H2,1-6H3. The third-order valence-electron chi connectivity index (χ3n) is 4.31. The van der Waals surface area contributed by atoms with Crippen LogP contribution in [0.15, 0.2) is 12.1 Å². The van der Waals surface area contributed by atoms with E-state index in [1.165, 1.54) is 12.1 Å². The van der Waals surface area contributed by atoms with Crippen LogP contribution in [0.5, 0.6) is 0 Å². The van der Waals surface area contributed by atoms with E-state index in [0.717, 1.165) is 0 Å². The monoisotopic (exact) mass is 380 g/mol. The van der Waals surface area contributed by atoms with Gasteiger partial charge in [-0.15, -0.1) is 0 Å². The van der Waals surface area contributed by atoms with Crippen LogP contribution < -0.4 is 10.4 Å². The molecule has 1 fully saturated rings. The summed E-state index contributed by atoms with van der Waals surface area (Å²) in [6.45, 7) is 14.2. The Bertz CT molecular complexity index is 662. The smallest absolute Gasteiger partial charge is 0.407 e. The second kappa shape index (κ2) is 8.56. The van der Waals surface area contributed by atoms with E-state index >= 15 is 0 Å². The zero-order valence-corrected chi connectivity index (χ0v) is 17.1. The molecular weight excluding hydrogens is 350 g/mol. The molecule has 1 aliphatic heterocycles. The number of benzene rings is 1. The summed E-state index contributed by atoms with van der Waals surface area (Å²) >= 11 is 0. The highest BCUT2D eigenvalue weighted by molar-refractivity contribution is 6.61. The number of nitrogens with zero attached hydrogens (tertiary/aromatic N) is 2. The summed E-state index contributed by atoms with van der Waals surface area (Å²) in [5.74, 6) is 0.0366. The fourth-order valence-electron chi connectivity index (χ4n) is 3.17. The van der Waals surface area contributed by atoms with Crippen molar-refractivity contribution in [3.05, 3.63) is 28.1 Å². The van der Waals surface area contributed by atoms with Crippen LogP contribution in [0.2, 0.25) is 0 Å². The SMILES string of the molecule is CC(C)CN(CC(C)C)c1cc(F)c(B2OCC(C)(C)CO2)cc1[N+](=O)[O-]. The summed E-state index contributed by atoms with van der Waals surface area (Å²) in [4.78, 5) is 13.2. The number of hydrogen-bond donors (Lipinski definition) is 0. The molecule has 8 heteroatoms. The predicted octanol–water partition coefficient (Wildman–Crippen LogP) is 3.62. The lowest BCUT2D eigenvalue weighted by Gasteiger charge is -2.33. The first kappa shape index (κ1) is 21.6. The van der Waals surface area contributed by atoms with Gasteiger partial charge in [0.2, 0.25) is 0 Å². The minimum atomic E-state index is -0.922. The zero-order chi connectivity index (χ0) is 20.4. The van der Waals surface area contributed by atoms with Gasteiger partial charge in [-0.3, -0.25) is 10.1 Å². The molecule has 0 saturated carbocycles. The molecule has 0 unspecified atom stereocenters. The molecule has 1 aromatic rings. The third-order valence-corrected chi connectivity index (χ3v) is 4.31. The summed E-state index contributed by atoms with van der Waals surface area (Å²) in [5, 5.41) is 11.7. The molecule has 27 heavy (non-hydrogen) atoms. The molecule has 0 spiro atoms.